The minimum absolute atomic E-state index is 0.00568. The summed E-state index contributed by atoms with van der Waals surface area (Å²) < 4.78 is 57.4. The Morgan fingerprint density at radius 2 is 1.77 bits per heavy atom. The topological polar surface area (TPSA) is 91.4 Å². The number of benzene rings is 2. The van der Waals surface area contributed by atoms with Gasteiger partial charge in [0.1, 0.15) is 5.82 Å². The normalized spacial score (nSPS) is 12.4. The lowest BCUT2D eigenvalue weighted by molar-refractivity contribution is -0.137. The van der Waals surface area contributed by atoms with E-state index in [4.69, 9.17) is 4.74 Å². The van der Waals surface area contributed by atoms with E-state index in [1.54, 1.807) is 12.1 Å². The van der Waals surface area contributed by atoms with E-state index >= 15 is 0 Å². The van der Waals surface area contributed by atoms with E-state index in [2.05, 4.69) is 25.8 Å². The highest BCUT2D eigenvalue weighted by Crippen LogP contribution is 2.29. The lowest BCUT2D eigenvalue weighted by atomic mass is 9.97. The molecular weight excluding hydrogens is 466 g/mol. The van der Waals surface area contributed by atoms with Crippen molar-refractivity contribution < 1.29 is 27.1 Å². The summed E-state index contributed by atoms with van der Waals surface area (Å²) in [5.74, 6) is -0.749. The first-order chi connectivity index (χ1) is 16.4. The summed E-state index contributed by atoms with van der Waals surface area (Å²) in [4.78, 5) is 16.6. The lowest BCUT2D eigenvalue weighted by Crippen LogP contribution is -2.37. The van der Waals surface area contributed by atoms with Crippen LogP contribution in [0.25, 0.3) is 11.3 Å². The molecule has 0 aliphatic carbocycles. The minimum Gasteiger partial charge on any atom is -0.494 e. The second kappa shape index (κ2) is 10.2. The smallest absolute Gasteiger partial charge is 0.416 e. The number of H-pyrrole nitrogens is 1. The van der Waals surface area contributed by atoms with Crippen LogP contribution in [0.3, 0.4) is 0 Å². The number of guanidine groups is 1. The first kappa shape index (κ1) is 25.7. The molecule has 3 aromatic rings. The zero-order valence-electron chi connectivity index (χ0n) is 19.5. The number of ether oxygens (including phenoxy) is 1. The Balaban J connectivity index is 1.83. The molecule has 0 bridgehead atoms. The number of nitrogens with zero attached hydrogens (tertiary/aromatic N) is 2. The van der Waals surface area contributed by atoms with Crippen LogP contribution in [-0.4, -0.2) is 35.7 Å². The van der Waals surface area contributed by atoms with E-state index < -0.39 is 23.5 Å². The number of nitrogens with one attached hydrogen (secondary N) is 3. The number of carbonyl (C=O) groups excluding carboxylic acids is 1. The molecule has 1 heterocycles. The molecule has 0 aliphatic rings. The Hall–Kier alpha value is -3.89. The molecule has 2 aromatic carbocycles. The van der Waals surface area contributed by atoms with Gasteiger partial charge in [0.05, 0.1) is 18.4 Å². The maximum atomic E-state index is 14.1. The minimum atomic E-state index is -4.50. The number of hydrogen-bond acceptors (Lipinski definition) is 3. The van der Waals surface area contributed by atoms with Crippen LogP contribution in [-0.2, 0) is 6.18 Å². The average molecular weight is 491 g/mol. The summed E-state index contributed by atoms with van der Waals surface area (Å²) in [6, 6.07) is 9.79. The molecular formula is C24H25F4N5O2. The summed E-state index contributed by atoms with van der Waals surface area (Å²) >= 11 is 0. The first-order valence-corrected chi connectivity index (χ1v) is 10.6. The number of hydrogen-bond donors (Lipinski definition) is 3. The number of aliphatic imine (C=N–C) groups is 1. The molecule has 35 heavy (non-hydrogen) atoms. The van der Waals surface area contributed by atoms with Crippen LogP contribution in [0.1, 0.15) is 36.7 Å². The number of amides is 1. The van der Waals surface area contributed by atoms with Crippen LogP contribution >= 0.6 is 0 Å². The summed E-state index contributed by atoms with van der Waals surface area (Å²) in [6.45, 7) is 6.36. The summed E-state index contributed by atoms with van der Waals surface area (Å²) in [5.41, 5.74) is -0.108. The standard InChI is InChI=1S/C24H25F4N5O2/c1-23(2,3)13-29-22(31-21(34)14-5-8-16(9-6-14)24(26,27)28)30-20-12-18(32-33-20)15-7-10-19(35-4)17(25)11-15/h5-12H,13H2,1-4H3,(H3,29,30,31,32,33,34). The number of alkyl halides is 3. The molecule has 7 nitrogen and oxygen atoms in total. The lowest BCUT2D eigenvalue weighted by Gasteiger charge is -2.20. The number of halogens is 4. The van der Waals surface area contributed by atoms with Gasteiger partial charge in [-0.2, -0.15) is 23.3 Å². The predicted molar refractivity (Wildman–Crippen MR) is 125 cm³/mol. The first-order valence-electron chi connectivity index (χ1n) is 10.6. The van der Waals surface area contributed by atoms with Crippen LogP contribution < -0.4 is 15.4 Å². The van der Waals surface area contributed by atoms with E-state index in [0.29, 0.717) is 23.6 Å². The molecule has 1 amide bonds. The predicted octanol–water partition coefficient (Wildman–Crippen LogP) is 5.49. The van der Waals surface area contributed by atoms with Gasteiger partial charge in [0, 0.05) is 23.7 Å². The van der Waals surface area contributed by atoms with E-state index in [9.17, 15) is 22.4 Å². The molecule has 0 radical (unpaired) electrons. The maximum Gasteiger partial charge on any atom is 0.416 e. The fraction of sp³-hybridized carbons (Fsp3) is 0.292. The van der Waals surface area contributed by atoms with Gasteiger partial charge >= 0.3 is 6.18 Å². The summed E-state index contributed by atoms with van der Waals surface area (Å²) in [5, 5.41) is 12.8. The van der Waals surface area contributed by atoms with Gasteiger partial charge in [0.2, 0.25) is 5.96 Å². The SMILES string of the molecule is COc1ccc(-c2cc(N/C(=N\C(=O)c3ccc(C(F)(F)F)cc3)NCC(C)(C)C)[nH]n2)cc1F. The Morgan fingerprint density at radius 1 is 1.09 bits per heavy atom. The van der Waals surface area contributed by atoms with Crippen molar-refractivity contribution in [2.24, 2.45) is 10.4 Å². The van der Waals surface area contributed by atoms with Crippen LogP contribution in [0.4, 0.5) is 23.4 Å². The number of carbonyl (C=O) groups is 1. The van der Waals surface area contributed by atoms with Crippen molar-refractivity contribution in [3.8, 4) is 17.0 Å². The molecule has 3 N–H and O–H groups in total. The molecule has 1 aromatic heterocycles. The van der Waals surface area contributed by atoms with Gasteiger partial charge in [0.15, 0.2) is 11.6 Å². The highest BCUT2D eigenvalue weighted by Gasteiger charge is 2.30. The van der Waals surface area contributed by atoms with Crippen molar-refractivity contribution in [1.82, 2.24) is 15.5 Å². The Labute approximate surface area is 199 Å². The fourth-order valence-electron chi connectivity index (χ4n) is 2.92. The van der Waals surface area contributed by atoms with Crippen LogP contribution in [0.2, 0.25) is 0 Å². The van der Waals surface area contributed by atoms with Gasteiger partial charge < -0.3 is 15.4 Å². The van der Waals surface area contributed by atoms with Crippen molar-refractivity contribution in [2.75, 3.05) is 19.0 Å². The van der Waals surface area contributed by atoms with Crippen LogP contribution in [0, 0.1) is 11.2 Å². The van der Waals surface area contributed by atoms with Crippen molar-refractivity contribution in [1.29, 1.82) is 0 Å². The van der Waals surface area contributed by atoms with Crippen molar-refractivity contribution >= 4 is 17.7 Å². The van der Waals surface area contributed by atoms with Gasteiger partial charge in [-0.05, 0) is 47.9 Å². The van der Waals surface area contributed by atoms with E-state index in [0.717, 1.165) is 24.3 Å². The van der Waals surface area contributed by atoms with Crippen molar-refractivity contribution in [3.05, 3.63) is 65.5 Å². The number of methoxy groups -OCH3 is 1. The highest BCUT2D eigenvalue weighted by molar-refractivity contribution is 6.06. The quantitative estimate of drug-likeness (QED) is 0.250. The maximum absolute atomic E-state index is 14.1. The fourth-order valence-corrected chi connectivity index (χ4v) is 2.92. The number of aromatic nitrogens is 2. The molecule has 0 spiro atoms. The molecule has 0 saturated heterocycles. The molecule has 0 atom stereocenters. The monoisotopic (exact) mass is 491 g/mol. The van der Waals surface area contributed by atoms with Gasteiger partial charge in [-0.1, -0.05) is 20.8 Å². The molecule has 186 valence electrons. The van der Waals surface area contributed by atoms with E-state index in [-0.39, 0.29) is 22.7 Å². The molecule has 0 unspecified atom stereocenters. The second-order valence-corrected chi connectivity index (χ2v) is 8.90. The third-order valence-corrected chi connectivity index (χ3v) is 4.74. The molecule has 0 aliphatic heterocycles. The second-order valence-electron chi connectivity index (χ2n) is 8.90. The molecule has 0 saturated carbocycles. The van der Waals surface area contributed by atoms with Crippen molar-refractivity contribution in [3.63, 3.8) is 0 Å². The summed E-state index contributed by atoms with van der Waals surface area (Å²) in [7, 11) is 1.37. The highest BCUT2D eigenvalue weighted by atomic mass is 19.4. The van der Waals surface area contributed by atoms with Crippen LogP contribution in [0.5, 0.6) is 5.75 Å². The Kier molecular flexibility index (Phi) is 7.47. The third kappa shape index (κ3) is 7.05. The Morgan fingerprint density at radius 3 is 2.34 bits per heavy atom. The van der Waals surface area contributed by atoms with Crippen LogP contribution in [0.15, 0.2) is 53.5 Å². The van der Waals surface area contributed by atoms with Gasteiger partial charge in [-0.3, -0.25) is 9.89 Å². The zero-order valence-corrected chi connectivity index (χ0v) is 19.5. The molecule has 11 heteroatoms. The number of aromatic amines is 1. The van der Waals surface area contributed by atoms with E-state index in [1.807, 2.05) is 20.8 Å². The van der Waals surface area contributed by atoms with E-state index in [1.165, 1.54) is 19.2 Å². The largest absolute Gasteiger partial charge is 0.494 e. The number of rotatable bonds is 5. The average Bonchev–Trinajstić information content (AvgIpc) is 3.25. The van der Waals surface area contributed by atoms with Gasteiger partial charge in [0.25, 0.3) is 5.91 Å². The van der Waals surface area contributed by atoms with Crippen molar-refractivity contribution in [2.45, 2.75) is 26.9 Å². The zero-order chi connectivity index (χ0) is 25.8. The van der Waals surface area contributed by atoms with Gasteiger partial charge in [-0.15, -0.1) is 0 Å². The Bertz CT molecular complexity index is 1210. The molecule has 0 fully saturated rings. The molecule has 3 rings (SSSR count). The third-order valence-electron chi connectivity index (χ3n) is 4.74. The van der Waals surface area contributed by atoms with Gasteiger partial charge in [-0.25, -0.2) is 4.39 Å². The summed E-state index contributed by atoms with van der Waals surface area (Å²) in [6.07, 6.45) is -4.50. The number of anilines is 1.